The van der Waals surface area contributed by atoms with Crippen LogP contribution in [0.5, 0.6) is 0 Å². The molecule has 2 N–H and O–H groups in total. The molecule has 0 unspecified atom stereocenters. The molecular weight excluding hydrogens is 276 g/mol. The lowest BCUT2D eigenvalue weighted by Gasteiger charge is -2.15. The number of furan rings is 1. The fourth-order valence-corrected chi connectivity index (χ4v) is 2.64. The number of amides is 1. The lowest BCUT2D eigenvalue weighted by molar-refractivity contribution is 0.0790. The van der Waals surface area contributed by atoms with Gasteiger partial charge in [-0.15, -0.1) is 0 Å². The highest BCUT2D eigenvalue weighted by Crippen LogP contribution is 2.28. The first-order chi connectivity index (χ1) is 9.40. The predicted octanol–water partition coefficient (Wildman–Crippen LogP) is 1.96. The van der Waals surface area contributed by atoms with Gasteiger partial charge in [0.2, 0.25) is 0 Å². The van der Waals surface area contributed by atoms with E-state index in [-0.39, 0.29) is 11.7 Å². The van der Waals surface area contributed by atoms with Gasteiger partial charge in [-0.25, -0.2) is 4.98 Å². The van der Waals surface area contributed by atoms with Gasteiger partial charge in [-0.3, -0.25) is 4.79 Å². The van der Waals surface area contributed by atoms with E-state index in [1.54, 1.807) is 18.2 Å². The zero-order valence-corrected chi connectivity index (χ0v) is 12.8. The highest BCUT2D eigenvalue weighted by molar-refractivity contribution is 7.18. The molecule has 0 aliphatic rings. The number of nitrogens with zero attached hydrogens (tertiary/aromatic N) is 3. The minimum absolute atomic E-state index is 0.131. The van der Waals surface area contributed by atoms with Crippen LogP contribution in [0.25, 0.3) is 0 Å². The SMILES string of the molecule is Cc1occc1CN(C)C(=O)c1sc(N(C)C)nc1N. The van der Waals surface area contributed by atoms with E-state index >= 15 is 0 Å². The molecule has 0 aliphatic heterocycles. The van der Waals surface area contributed by atoms with E-state index in [2.05, 4.69) is 4.98 Å². The first-order valence-corrected chi connectivity index (χ1v) is 6.94. The second-order valence-corrected chi connectivity index (χ2v) is 5.75. The summed E-state index contributed by atoms with van der Waals surface area (Å²) in [5.41, 5.74) is 6.81. The standard InChI is InChI=1S/C13H18N4O2S/c1-8-9(5-6-19-8)7-17(4)12(18)10-11(14)15-13(20-10)16(2)3/h5-6H,7,14H2,1-4H3. The molecule has 0 aliphatic carbocycles. The van der Waals surface area contributed by atoms with Gasteiger partial charge in [-0.1, -0.05) is 11.3 Å². The molecule has 6 nitrogen and oxygen atoms in total. The molecule has 0 spiro atoms. The van der Waals surface area contributed by atoms with Crippen molar-refractivity contribution in [2.24, 2.45) is 0 Å². The maximum absolute atomic E-state index is 12.4. The van der Waals surface area contributed by atoms with Crippen molar-refractivity contribution in [3.05, 3.63) is 28.5 Å². The van der Waals surface area contributed by atoms with Crippen LogP contribution in [0, 0.1) is 6.92 Å². The van der Waals surface area contributed by atoms with Gasteiger partial charge in [0.15, 0.2) is 5.13 Å². The van der Waals surface area contributed by atoms with E-state index in [1.165, 1.54) is 11.3 Å². The van der Waals surface area contributed by atoms with Crippen molar-refractivity contribution in [3.63, 3.8) is 0 Å². The smallest absolute Gasteiger partial charge is 0.267 e. The van der Waals surface area contributed by atoms with Gasteiger partial charge in [0, 0.05) is 33.3 Å². The van der Waals surface area contributed by atoms with Crippen molar-refractivity contribution in [1.82, 2.24) is 9.88 Å². The summed E-state index contributed by atoms with van der Waals surface area (Å²) in [5.74, 6) is 0.962. The van der Waals surface area contributed by atoms with E-state index in [9.17, 15) is 4.79 Å². The van der Waals surface area contributed by atoms with Crippen LogP contribution in [0.3, 0.4) is 0 Å². The van der Waals surface area contributed by atoms with Crippen molar-refractivity contribution in [3.8, 4) is 0 Å². The molecule has 2 aromatic rings. The van der Waals surface area contributed by atoms with E-state index in [0.717, 1.165) is 16.5 Å². The Morgan fingerprint density at radius 3 is 2.65 bits per heavy atom. The van der Waals surface area contributed by atoms with Crippen molar-refractivity contribution in [2.75, 3.05) is 31.8 Å². The van der Waals surface area contributed by atoms with Crippen molar-refractivity contribution >= 4 is 28.2 Å². The molecule has 20 heavy (non-hydrogen) atoms. The summed E-state index contributed by atoms with van der Waals surface area (Å²) in [7, 11) is 5.47. The summed E-state index contributed by atoms with van der Waals surface area (Å²) in [5, 5.41) is 0.721. The Morgan fingerprint density at radius 2 is 2.15 bits per heavy atom. The molecule has 0 aromatic carbocycles. The number of nitrogens with two attached hydrogens (primary N) is 1. The molecule has 0 saturated heterocycles. The Bertz CT molecular complexity index is 618. The molecule has 7 heteroatoms. The third-order valence-corrected chi connectivity index (χ3v) is 4.17. The van der Waals surface area contributed by atoms with Crippen LogP contribution < -0.4 is 10.6 Å². The average Bonchev–Trinajstić information content (AvgIpc) is 2.95. The van der Waals surface area contributed by atoms with Crippen LogP contribution in [0.4, 0.5) is 10.9 Å². The molecule has 2 heterocycles. The van der Waals surface area contributed by atoms with E-state index < -0.39 is 0 Å². The fourth-order valence-electron chi connectivity index (χ4n) is 1.74. The highest BCUT2D eigenvalue weighted by atomic mass is 32.1. The van der Waals surface area contributed by atoms with E-state index in [0.29, 0.717) is 11.4 Å². The molecule has 108 valence electrons. The van der Waals surface area contributed by atoms with Crippen LogP contribution in [0.2, 0.25) is 0 Å². The molecule has 0 fully saturated rings. The maximum atomic E-state index is 12.4. The number of carbonyl (C=O) groups is 1. The Balaban J connectivity index is 2.16. The third kappa shape index (κ3) is 2.77. The second kappa shape index (κ2) is 5.54. The zero-order chi connectivity index (χ0) is 14.9. The molecule has 2 aromatic heterocycles. The highest BCUT2D eigenvalue weighted by Gasteiger charge is 2.21. The number of hydrogen-bond donors (Lipinski definition) is 1. The summed E-state index contributed by atoms with van der Waals surface area (Å²) in [4.78, 5) is 20.5. The van der Waals surface area contributed by atoms with Crippen molar-refractivity contribution in [2.45, 2.75) is 13.5 Å². The van der Waals surface area contributed by atoms with Gasteiger partial charge in [-0.05, 0) is 13.0 Å². The number of hydrogen-bond acceptors (Lipinski definition) is 6. The first-order valence-electron chi connectivity index (χ1n) is 6.12. The molecule has 2 rings (SSSR count). The van der Waals surface area contributed by atoms with Crippen LogP contribution in [0.15, 0.2) is 16.7 Å². The van der Waals surface area contributed by atoms with Gasteiger partial charge in [0.1, 0.15) is 16.5 Å². The third-order valence-electron chi connectivity index (χ3n) is 2.94. The van der Waals surface area contributed by atoms with E-state index in [4.69, 9.17) is 10.2 Å². The van der Waals surface area contributed by atoms with Crippen molar-refractivity contribution < 1.29 is 9.21 Å². The number of aryl methyl sites for hydroxylation is 1. The normalized spacial score (nSPS) is 10.6. The summed E-state index contributed by atoms with van der Waals surface area (Å²) in [6, 6.07) is 1.86. The minimum Gasteiger partial charge on any atom is -0.469 e. The number of rotatable bonds is 4. The van der Waals surface area contributed by atoms with Crippen molar-refractivity contribution in [1.29, 1.82) is 0 Å². The second-order valence-electron chi connectivity index (χ2n) is 4.77. The zero-order valence-electron chi connectivity index (χ0n) is 12.0. The molecule has 0 radical (unpaired) electrons. The summed E-state index contributed by atoms with van der Waals surface area (Å²) < 4.78 is 5.23. The quantitative estimate of drug-likeness (QED) is 0.933. The maximum Gasteiger partial charge on any atom is 0.267 e. The Hall–Kier alpha value is -2.02. The van der Waals surface area contributed by atoms with Crippen LogP contribution in [0.1, 0.15) is 21.0 Å². The Labute approximate surface area is 121 Å². The summed E-state index contributed by atoms with van der Waals surface area (Å²) in [6.45, 7) is 2.36. The summed E-state index contributed by atoms with van der Waals surface area (Å²) >= 11 is 1.30. The fraction of sp³-hybridized carbons (Fsp3) is 0.385. The van der Waals surface area contributed by atoms with Crippen LogP contribution in [-0.4, -0.2) is 36.9 Å². The molecule has 0 saturated carbocycles. The van der Waals surface area contributed by atoms with Gasteiger partial charge in [0.25, 0.3) is 5.91 Å². The number of aromatic nitrogens is 1. The van der Waals surface area contributed by atoms with Crippen LogP contribution >= 0.6 is 11.3 Å². The molecule has 0 atom stereocenters. The number of carbonyl (C=O) groups excluding carboxylic acids is 1. The minimum atomic E-state index is -0.131. The number of anilines is 2. The molecule has 0 bridgehead atoms. The molecular formula is C13H18N4O2S. The van der Waals surface area contributed by atoms with Gasteiger partial charge >= 0.3 is 0 Å². The first kappa shape index (κ1) is 14.4. The Kier molecular flexibility index (Phi) is 3.99. The largest absolute Gasteiger partial charge is 0.469 e. The van der Waals surface area contributed by atoms with Gasteiger partial charge in [0.05, 0.1) is 6.26 Å². The number of nitrogen functional groups attached to an aromatic ring is 1. The monoisotopic (exact) mass is 294 g/mol. The van der Waals surface area contributed by atoms with Crippen LogP contribution in [-0.2, 0) is 6.54 Å². The van der Waals surface area contributed by atoms with E-state index in [1.807, 2.05) is 32.0 Å². The number of thiazole rings is 1. The van der Waals surface area contributed by atoms with Gasteiger partial charge in [-0.2, -0.15) is 0 Å². The summed E-state index contributed by atoms with van der Waals surface area (Å²) in [6.07, 6.45) is 1.62. The topological polar surface area (TPSA) is 75.6 Å². The molecule has 1 amide bonds. The lowest BCUT2D eigenvalue weighted by atomic mass is 10.2. The Morgan fingerprint density at radius 1 is 1.45 bits per heavy atom. The van der Waals surface area contributed by atoms with Gasteiger partial charge < -0.3 is 20.0 Å². The average molecular weight is 294 g/mol. The predicted molar refractivity (Wildman–Crippen MR) is 80.1 cm³/mol. The lowest BCUT2D eigenvalue weighted by Crippen LogP contribution is -2.26.